The molecule has 1 fully saturated rings. The van der Waals surface area contributed by atoms with Crippen molar-refractivity contribution >= 4 is 27.8 Å². The van der Waals surface area contributed by atoms with Crippen LogP contribution in [0.25, 0.3) is 11.1 Å². The summed E-state index contributed by atoms with van der Waals surface area (Å²) in [6.07, 6.45) is -1.01. The van der Waals surface area contributed by atoms with Crippen molar-refractivity contribution in [2.75, 3.05) is 6.54 Å². The maximum absolute atomic E-state index is 13.5. The zero-order chi connectivity index (χ0) is 26.1. The van der Waals surface area contributed by atoms with Crippen molar-refractivity contribution in [1.29, 1.82) is 0 Å². The number of hydrogen-bond donors (Lipinski definition) is 3. The molecule has 3 N–H and O–H groups in total. The lowest BCUT2D eigenvalue weighted by atomic mass is 9.78. The number of β-lactam (4-membered cyclic amide) rings is 1. The molecule has 0 saturated carbocycles. The van der Waals surface area contributed by atoms with E-state index >= 15 is 0 Å². The molecule has 11 heteroatoms. The number of carboxylic acid groups (broad SMARTS) is 1. The number of hydrogen-bond acceptors (Lipinski definition) is 7. The average molecular weight is 513 g/mol. The van der Waals surface area contributed by atoms with Crippen molar-refractivity contribution in [2.24, 2.45) is 11.8 Å². The number of nitrogens with zero attached hydrogens (tertiary/aromatic N) is 2. The molecule has 0 unspecified atom stereocenters. The number of fused-ring (bicyclic) bond motifs is 2. The number of sulfonamides is 1. The van der Waals surface area contributed by atoms with Crippen molar-refractivity contribution in [1.82, 2.24) is 9.21 Å². The third-order valence-electron chi connectivity index (χ3n) is 7.32. The smallest absolute Gasteiger partial charge is 0.352 e. The first-order valence-corrected chi connectivity index (χ1v) is 12.8. The molecule has 5 rings (SSSR count). The van der Waals surface area contributed by atoms with Gasteiger partial charge in [-0.3, -0.25) is 9.59 Å². The van der Waals surface area contributed by atoms with Crippen molar-refractivity contribution < 1.29 is 38.1 Å². The number of aliphatic hydroxyl groups excluding tert-OH is 2. The van der Waals surface area contributed by atoms with Gasteiger partial charge in [0.05, 0.1) is 36.8 Å². The number of carbonyl (C=O) groups excluding carboxylic acids is 2. The van der Waals surface area contributed by atoms with Crippen LogP contribution < -0.4 is 0 Å². The maximum Gasteiger partial charge on any atom is 0.352 e. The predicted octanol–water partition coefficient (Wildman–Crippen LogP) is 1.19. The van der Waals surface area contributed by atoms with Gasteiger partial charge in [-0.15, -0.1) is 0 Å². The van der Waals surface area contributed by atoms with Gasteiger partial charge in [0.1, 0.15) is 10.6 Å². The van der Waals surface area contributed by atoms with Gasteiger partial charge < -0.3 is 20.2 Å². The number of carboxylic acids is 1. The number of aliphatic hydroxyl groups is 2. The van der Waals surface area contributed by atoms with Crippen LogP contribution in [0.3, 0.4) is 0 Å². The van der Waals surface area contributed by atoms with Crippen molar-refractivity contribution in [3.63, 3.8) is 0 Å². The second-order valence-corrected chi connectivity index (χ2v) is 11.1. The topological polar surface area (TPSA) is 153 Å². The van der Waals surface area contributed by atoms with Crippen LogP contribution in [0.5, 0.6) is 0 Å². The minimum Gasteiger partial charge on any atom is -0.477 e. The van der Waals surface area contributed by atoms with Gasteiger partial charge >= 0.3 is 5.97 Å². The summed E-state index contributed by atoms with van der Waals surface area (Å²) in [5.74, 6) is -4.19. The molecule has 3 aliphatic heterocycles. The lowest BCUT2D eigenvalue weighted by Gasteiger charge is -2.46. The van der Waals surface area contributed by atoms with Crippen LogP contribution in [0, 0.1) is 11.8 Å². The molecule has 2 aromatic rings. The molecule has 2 aromatic carbocycles. The summed E-state index contributed by atoms with van der Waals surface area (Å²) in [5, 5.41) is 29.8. The monoisotopic (exact) mass is 512 g/mol. The van der Waals surface area contributed by atoms with Gasteiger partial charge in [-0.25, -0.2) is 17.5 Å². The van der Waals surface area contributed by atoms with Crippen LogP contribution >= 0.6 is 0 Å². The van der Waals surface area contributed by atoms with Crippen LogP contribution in [0.2, 0.25) is 0 Å². The Hall–Kier alpha value is -3.54. The lowest BCUT2D eigenvalue weighted by molar-refractivity contribution is -0.163. The Bertz CT molecular complexity index is 1450. The first kappa shape index (κ1) is 24.2. The molecule has 10 nitrogen and oxygen atoms in total. The van der Waals surface area contributed by atoms with E-state index in [1.807, 2.05) is 0 Å². The number of rotatable bonds is 6. The summed E-state index contributed by atoms with van der Waals surface area (Å²) < 4.78 is 27.7. The van der Waals surface area contributed by atoms with Gasteiger partial charge in [0, 0.05) is 5.92 Å². The normalized spacial score (nSPS) is 25.1. The fourth-order valence-electron chi connectivity index (χ4n) is 5.55. The van der Waals surface area contributed by atoms with Crippen molar-refractivity contribution in [2.45, 2.75) is 37.5 Å². The maximum atomic E-state index is 13.5. The van der Waals surface area contributed by atoms with Crippen LogP contribution in [0.1, 0.15) is 29.8 Å². The van der Waals surface area contributed by atoms with Gasteiger partial charge in [0.15, 0.2) is 0 Å². The van der Waals surface area contributed by atoms with E-state index in [0.717, 1.165) is 4.90 Å². The molecule has 2 amide bonds. The lowest BCUT2D eigenvalue weighted by Crippen LogP contribution is -2.63. The van der Waals surface area contributed by atoms with Crippen LogP contribution in [-0.2, 0) is 26.2 Å². The highest BCUT2D eigenvalue weighted by Gasteiger charge is 2.60. The SMILES string of the molecule is C[C@@H](O)[C@H]1C(=O)N2C(C(=O)O)=C(CN3C(=O)c4cc(CO)c(-c5ccccc5)cc4S3(=O)=O)[C@H](C)[C@H]12. The summed E-state index contributed by atoms with van der Waals surface area (Å²) in [6.45, 7) is 2.14. The number of aliphatic carboxylic acids is 1. The molecule has 3 aliphatic rings. The second kappa shape index (κ2) is 8.26. The summed E-state index contributed by atoms with van der Waals surface area (Å²) >= 11 is 0. The summed E-state index contributed by atoms with van der Waals surface area (Å²) in [7, 11) is -4.35. The minimum absolute atomic E-state index is 0.108. The summed E-state index contributed by atoms with van der Waals surface area (Å²) in [5.41, 5.74) is 1.17. The average Bonchev–Trinajstić information content (AvgIpc) is 3.19. The highest BCUT2D eigenvalue weighted by atomic mass is 32.2. The molecular weight excluding hydrogens is 488 g/mol. The Balaban J connectivity index is 1.57. The molecule has 3 heterocycles. The standard InChI is InChI=1S/C25H24N2O8S/c1-12-18(22(25(32)33)27-21(12)20(13(2)29)24(27)31)10-26-23(30)17-8-15(11-28)16(9-19(17)36(26,34)35)14-6-4-3-5-7-14/h3-9,12-13,20-21,28-29H,10-11H2,1-2H3,(H,32,33)/t12-,13+,20+,21+/m0/s1. The Kier molecular flexibility index (Phi) is 5.54. The Morgan fingerprint density at radius 3 is 2.36 bits per heavy atom. The van der Waals surface area contributed by atoms with Gasteiger partial charge in [-0.05, 0) is 41.3 Å². The minimum atomic E-state index is -4.35. The van der Waals surface area contributed by atoms with Crippen molar-refractivity contribution in [3.8, 4) is 11.1 Å². The van der Waals surface area contributed by atoms with E-state index in [9.17, 15) is 38.1 Å². The van der Waals surface area contributed by atoms with E-state index in [2.05, 4.69) is 0 Å². The zero-order valence-electron chi connectivity index (χ0n) is 19.5. The van der Waals surface area contributed by atoms with Gasteiger partial charge in [-0.1, -0.05) is 37.3 Å². The van der Waals surface area contributed by atoms with Crippen LogP contribution in [0.4, 0.5) is 0 Å². The second-order valence-electron chi connectivity index (χ2n) is 9.28. The van der Waals surface area contributed by atoms with Crippen LogP contribution in [-0.4, -0.2) is 69.4 Å². The molecule has 0 bridgehead atoms. The Morgan fingerprint density at radius 1 is 1.11 bits per heavy atom. The predicted molar refractivity (Wildman–Crippen MR) is 126 cm³/mol. The molecule has 0 aliphatic carbocycles. The first-order valence-electron chi connectivity index (χ1n) is 11.4. The van der Waals surface area contributed by atoms with E-state index in [1.165, 1.54) is 19.1 Å². The van der Waals surface area contributed by atoms with Gasteiger partial charge in [0.25, 0.3) is 15.9 Å². The van der Waals surface area contributed by atoms with Crippen LogP contribution in [0.15, 0.2) is 58.6 Å². The highest BCUT2D eigenvalue weighted by molar-refractivity contribution is 7.90. The molecule has 1 saturated heterocycles. The summed E-state index contributed by atoms with van der Waals surface area (Å²) in [4.78, 5) is 38.8. The van der Waals surface area contributed by atoms with E-state index in [0.29, 0.717) is 21.0 Å². The number of amides is 2. The van der Waals surface area contributed by atoms with E-state index in [4.69, 9.17) is 0 Å². The zero-order valence-corrected chi connectivity index (χ0v) is 20.3. The van der Waals surface area contributed by atoms with Gasteiger partial charge in [0.2, 0.25) is 5.91 Å². The van der Waals surface area contributed by atoms with E-state index in [1.54, 1.807) is 37.3 Å². The fourth-order valence-corrected chi connectivity index (χ4v) is 7.10. The Labute approximate surface area is 207 Å². The molecule has 0 aromatic heterocycles. The van der Waals surface area contributed by atoms with E-state index < -0.39 is 64.9 Å². The highest BCUT2D eigenvalue weighted by Crippen LogP contribution is 2.48. The molecule has 0 spiro atoms. The Morgan fingerprint density at radius 2 is 1.78 bits per heavy atom. The fraction of sp³-hybridized carbons (Fsp3) is 0.320. The summed E-state index contributed by atoms with van der Waals surface area (Å²) in [6, 6.07) is 10.9. The first-order chi connectivity index (χ1) is 17.0. The van der Waals surface area contributed by atoms with Crippen molar-refractivity contribution in [3.05, 3.63) is 64.9 Å². The molecule has 188 valence electrons. The number of carbonyl (C=O) groups is 3. The van der Waals surface area contributed by atoms with Gasteiger partial charge in [-0.2, -0.15) is 0 Å². The molecule has 0 radical (unpaired) electrons. The quantitative estimate of drug-likeness (QED) is 0.488. The largest absolute Gasteiger partial charge is 0.477 e. The van der Waals surface area contributed by atoms with E-state index in [-0.39, 0.29) is 21.7 Å². The third-order valence-corrected chi connectivity index (χ3v) is 9.09. The third kappa shape index (κ3) is 3.23. The number of benzene rings is 2. The molecule has 36 heavy (non-hydrogen) atoms. The molecule has 4 atom stereocenters. The molecular formula is C25H24N2O8S.